The van der Waals surface area contributed by atoms with Crippen molar-refractivity contribution in [3.63, 3.8) is 0 Å². The Labute approximate surface area is 190 Å². The molecule has 0 aromatic carbocycles. The first-order valence-corrected chi connectivity index (χ1v) is 12.0. The third-order valence-electron chi connectivity index (χ3n) is 6.64. The van der Waals surface area contributed by atoms with Gasteiger partial charge in [-0.25, -0.2) is 0 Å². The van der Waals surface area contributed by atoms with Gasteiger partial charge in [0.2, 0.25) is 0 Å². The van der Waals surface area contributed by atoms with Crippen molar-refractivity contribution in [2.24, 2.45) is 0 Å². The van der Waals surface area contributed by atoms with Crippen molar-refractivity contribution in [3.05, 3.63) is 57.2 Å². The lowest BCUT2D eigenvalue weighted by Crippen LogP contribution is -2.30. The van der Waals surface area contributed by atoms with Crippen molar-refractivity contribution >= 4 is 0 Å². The summed E-state index contributed by atoms with van der Waals surface area (Å²) in [6.07, 6.45) is 13.3. The Balaban J connectivity index is 1.51. The lowest BCUT2D eigenvalue weighted by molar-refractivity contribution is 0.225. The van der Waals surface area contributed by atoms with Gasteiger partial charge in [-0.15, -0.1) is 0 Å². The predicted octanol–water partition coefficient (Wildman–Crippen LogP) is 4.32. The van der Waals surface area contributed by atoms with Crippen LogP contribution in [-0.4, -0.2) is 49.7 Å². The van der Waals surface area contributed by atoms with Crippen LogP contribution in [0, 0.1) is 6.92 Å². The highest BCUT2D eigenvalue weighted by molar-refractivity contribution is 5.60. The summed E-state index contributed by atoms with van der Waals surface area (Å²) >= 11 is 0. The summed E-state index contributed by atoms with van der Waals surface area (Å²) in [6.45, 7) is 10.5. The lowest BCUT2D eigenvalue weighted by atomic mass is 9.92. The van der Waals surface area contributed by atoms with E-state index in [0.29, 0.717) is 23.6 Å². The Kier molecular flexibility index (Phi) is 7.25. The number of H-pyrrole nitrogens is 3. The Bertz CT molecular complexity index is 1070. The highest BCUT2D eigenvalue weighted by Gasteiger charge is 2.21. The van der Waals surface area contributed by atoms with Crippen LogP contribution in [-0.2, 0) is 12.8 Å². The number of aromatic amines is 3. The summed E-state index contributed by atoms with van der Waals surface area (Å²) in [7, 11) is 0. The third-order valence-corrected chi connectivity index (χ3v) is 6.64. The number of aryl methyl sites for hydroxylation is 1. The van der Waals surface area contributed by atoms with Crippen LogP contribution in [0.15, 0.2) is 23.4 Å². The van der Waals surface area contributed by atoms with Crippen LogP contribution in [0.4, 0.5) is 0 Å². The zero-order chi connectivity index (χ0) is 22.5. The van der Waals surface area contributed by atoms with E-state index in [-0.39, 0.29) is 5.56 Å². The summed E-state index contributed by atoms with van der Waals surface area (Å²) < 4.78 is 0. The maximum absolute atomic E-state index is 12.2. The molecule has 3 aromatic heterocycles. The highest BCUT2D eigenvalue weighted by atomic mass is 16.1. The minimum atomic E-state index is -0.173. The second-order valence-corrected chi connectivity index (χ2v) is 9.32. The number of aromatic nitrogens is 5. The van der Waals surface area contributed by atoms with Gasteiger partial charge in [0.15, 0.2) is 0 Å². The van der Waals surface area contributed by atoms with Gasteiger partial charge < -0.3 is 15.0 Å². The van der Waals surface area contributed by atoms with Gasteiger partial charge in [-0.05, 0) is 75.7 Å². The molecule has 1 saturated heterocycles. The fourth-order valence-electron chi connectivity index (χ4n) is 5.10. The molecule has 4 rings (SSSR count). The lowest BCUT2D eigenvalue weighted by Gasteiger charge is -2.26. The van der Waals surface area contributed by atoms with E-state index < -0.39 is 0 Å². The normalized spacial score (nSPS) is 15.0. The van der Waals surface area contributed by atoms with Crippen molar-refractivity contribution in [1.82, 2.24) is 30.0 Å². The van der Waals surface area contributed by atoms with E-state index in [1.54, 1.807) is 18.6 Å². The number of piperidine rings is 1. The van der Waals surface area contributed by atoms with Gasteiger partial charge in [0.05, 0.1) is 17.0 Å². The molecular formula is C25H36N6O. The average Bonchev–Trinajstić information content (AvgIpc) is 3.35. The molecule has 0 radical (unpaired) electrons. The van der Waals surface area contributed by atoms with Crippen molar-refractivity contribution < 1.29 is 0 Å². The van der Waals surface area contributed by atoms with Crippen LogP contribution in [0.2, 0.25) is 0 Å². The van der Waals surface area contributed by atoms with E-state index >= 15 is 0 Å². The van der Waals surface area contributed by atoms with Gasteiger partial charge in [-0.1, -0.05) is 20.3 Å². The molecule has 1 aliphatic heterocycles. The number of hydrogen-bond acceptors (Lipinski definition) is 4. The van der Waals surface area contributed by atoms with Crippen LogP contribution in [0.3, 0.4) is 0 Å². The minimum Gasteiger partial charge on any atom is -0.362 e. The Morgan fingerprint density at radius 3 is 2.59 bits per heavy atom. The maximum atomic E-state index is 12.2. The van der Waals surface area contributed by atoms with Crippen molar-refractivity contribution in [2.75, 3.05) is 19.6 Å². The molecule has 3 N–H and O–H groups in total. The molecule has 4 heterocycles. The maximum Gasteiger partial charge on any atom is 0.273 e. The molecule has 3 aromatic rings. The molecule has 1 aliphatic rings. The number of unbranched alkanes of at least 4 members (excludes halogenated alkanes) is 1. The van der Waals surface area contributed by atoms with Gasteiger partial charge in [-0.3, -0.25) is 19.9 Å². The van der Waals surface area contributed by atoms with Crippen LogP contribution in [0.25, 0.3) is 11.3 Å². The quantitative estimate of drug-likeness (QED) is 0.436. The molecule has 0 spiro atoms. The molecule has 32 heavy (non-hydrogen) atoms. The average molecular weight is 437 g/mol. The third kappa shape index (κ3) is 5.04. The Morgan fingerprint density at radius 1 is 1.09 bits per heavy atom. The predicted molar refractivity (Wildman–Crippen MR) is 128 cm³/mol. The van der Waals surface area contributed by atoms with Crippen LogP contribution < -0.4 is 5.56 Å². The number of rotatable bonds is 9. The summed E-state index contributed by atoms with van der Waals surface area (Å²) in [5, 5.41) is 5.36. The topological polar surface area (TPSA) is 93.5 Å². The first-order valence-electron chi connectivity index (χ1n) is 12.0. The first kappa shape index (κ1) is 22.5. The van der Waals surface area contributed by atoms with E-state index in [4.69, 9.17) is 0 Å². The van der Waals surface area contributed by atoms with Crippen molar-refractivity contribution in [2.45, 2.75) is 71.6 Å². The fraction of sp³-hybridized carbons (Fsp3) is 0.560. The summed E-state index contributed by atoms with van der Waals surface area (Å²) in [6, 6.07) is 0. The molecule has 1 fully saturated rings. The van der Waals surface area contributed by atoms with Gasteiger partial charge in [0.1, 0.15) is 0 Å². The summed E-state index contributed by atoms with van der Waals surface area (Å²) in [5.41, 5.74) is 7.12. The van der Waals surface area contributed by atoms with E-state index in [2.05, 4.69) is 50.8 Å². The SMILES string of the molecule is Cc1[nH]c(Cc2nccnc2-c2c[nH][nH]c2=O)c(C(C)C)c1CCCCN1CCCCC1. The monoisotopic (exact) mass is 436 g/mol. The molecule has 0 bridgehead atoms. The molecule has 0 amide bonds. The van der Waals surface area contributed by atoms with Crippen LogP contribution >= 0.6 is 0 Å². The van der Waals surface area contributed by atoms with E-state index in [0.717, 1.165) is 12.1 Å². The van der Waals surface area contributed by atoms with E-state index in [9.17, 15) is 4.79 Å². The second-order valence-electron chi connectivity index (χ2n) is 9.32. The zero-order valence-corrected chi connectivity index (χ0v) is 19.6. The van der Waals surface area contributed by atoms with Crippen molar-refractivity contribution in [3.8, 4) is 11.3 Å². The van der Waals surface area contributed by atoms with E-state index in [1.807, 2.05) is 0 Å². The largest absolute Gasteiger partial charge is 0.362 e. The van der Waals surface area contributed by atoms with Gasteiger partial charge in [0, 0.05) is 36.4 Å². The van der Waals surface area contributed by atoms with Crippen molar-refractivity contribution in [1.29, 1.82) is 0 Å². The molecule has 0 aliphatic carbocycles. The number of nitrogens with one attached hydrogen (secondary N) is 3. The first-order chi connectivity index (χ1) is 15.5. The summed E-state index contributed by atoms with van der Waals surface area (Å²) in [4.78, 5) is 27.5. The smallest absolute Gasteiger partial charge is 0.273 e. The minimum absolute atomic E-state index is 0.173. The molecule has 0 saturated carbocycles. The molecular weight excluding hydrogens is 400 g/mol. The molecule has 7 nitrogen and oxygen atoms in total. The standard InChI is InChI=1S/C25H36N6O/c1-17(2)23-19(9-5-8-14-31-12-6-4-7-13-31)18(3)29-21(23)15-22-24(27-11-10-26-22)20-16-28-30-25(20)32/h10-11,16-17,29H,4-9,12-15H2,1-3H3,(H2,28,30,32). The Hall–Kier alpha value is -2.67. The van der Waals surface area contributed by atoms with Crippen LogP contribution in [0.1, 0.15) is 80.1 Å². The highest BCUT2D eigenvalue weighted by Crippen LogP contribution is 2.30. The van der Waals surface area contributed by atoms with Gasteiger partial charge in [0.25, 0.3) is 5.56 Å². The van der Waals surface area contributed by atoms with Crippen LogP contribution in [0.5, 0.6) is 0 Å². The van der Waals surface area contributed by atoms with E-state index in [1.165, 1.54) is 74.3 Å². The van der Waals surface area contributed by atoms with Gasteiger partial charge in [-0.2, -0.15) is 0 Å². The molecule has 0 atom stereocenters. The summed E-state index contributed by atoms with van der Waals surface area (Å²) in [5.74, 6) is 0.419. The fourth-order valence-corrected chi connectivity index (χ4v) is 5.10. The van der Waals surface area contributed by atoms with Gasteiger partial charge >= 0.3 is 0 Å². The molecule has 0 unspecified atom stereocenters. The number of likely N-dealkylation sites (tertiary alicyclic amines) is 1. The molecule has 172 valence electrons. The second kappa shape index (κ2) is 10.3. The zero-order valence-electron chi connectivity index (χ0n) is 19.6. The molecule has 7 heteroatoms. The number of hydrogen-bond donors (Lipinski definition) is 3. The number of nitrogens with zero attached hydrogens (tertiary/aromatic N) is 3. The Morgan fingerprint density at radius 2 is 1.88 bits per heavy atom.